The minimum absolute atomic E-state index is 0.105. The summed E-state index contributed by atoms with van der Waals surface area (Å²) in [5.41, 5.74) is 4.11. The summed E-state index contributed by atoms with van der Waals surface area (Å²) < 4.78 is 16.4. The Morgan fingerprint density at radius 3 is 2.57 bits per heavy atom. The molecule has 1 amide bonds. The molecular weight excluding hydrogens is 384 g/mol. The van der Waals surface area contributed by atoms with Crippen molar-refractivity contribution in [3.05, 3.63) is 83.4 Å². The summed E-state index contributed by atoms with van der Waals surface area (Å²) in [5.74, 6) is 1.45. The molecule has 0 aromatic heterocycles. The molecule has 0 unspecified atom stereocenters. The van der Waals surface area contributed by atoms with E-state index in [1.54, 1.807) is 38.5 Å². The highest BCUT2D eigenvalue weighted by atomic mass is 16.5. The highest BCUT2D eigenvalue weighted by Crippen LogP contribution is 2.24. The van der Waals surface area contributed by atoms with Gasteiger partial charge < -0.3 is 19.3 Å². The van der Waals surface area contributed by atoms with E-state index in [1.807, 2.05) is 30.3 Å². The van der Waals surface area contributed by atoms with Crippen molar-refractivity contribution in [3.63, 3.8) is 0 Å². The van der Waals surface area contributed by atoms with E-state index in [2.05, 4.69) is 10.5 Å². The molecule has 0 bridgehead atoms. The van der Waals surface area contributed by atoms with Gasteiger partial charge in [-0.15, -0.1) is 0 Å². The summed E-state index contributed by atoms with van der Waals surface area (Å²) in [7, 11) is 3.19. The van der Waals surface area contributed by atoms with Crippen LogP contribution in [-0.4, -0.2) is 31.4 Å². The van der Waals surface area contributed by atoms with E-state index in [9.17, 15) is 9.90 Å². The van der Waals surface area contributed by atoms with E-state index >= 15 is 0 Å². The van der Waals surface area contributed by atoms with Gasteiger partial charge in [-0.25, -0.2) is 5.43 Å². The van der Waals surface area contributed by atoms with Gasteiger partial charge in [-0.05, 0) is 48.0 Å². The molecule has 0 saturated carbocycles. The van der Waals surface area contributed by atoms with Crippen LogP contribution in [0.5, 0.6) is 23.0 Å². The number of phenols is 1. The number of carbonyl (C=O) groups is 1. The lowest BCUT2D eigenvalue weighted by Crippen LogP contribution is -2.17. The molecule has 0 aliphatic carbocycles. The number of nitrogens with one attached hydrogen (secondary N) is 1. The average molecular weight is 406 g/mol. The van der Waals surface area contributed by atoms with E-state index in [4.69, 9.17) is 14.2 Å². The maximum Gasteiger partial charge on any atom is 0.275 e. The third-order valence-corrected chi connectivity index (χ3v) is 4.27. The van der Waals surface area contributed by atoms with E-state index in [1.165, 1.54) is 18.3 Å². The van der Waals surface area contributed by atoms with Crippen molar-refractivity contribution >= 4 is 12.1 Å². The molecule has 0 aliphatic heterocycles. The van der Waals surface area contributed by atoms with Crippen molar-refractivity contribution in [1.29, 1.82) is 0 Å². The number of hydrogen-bond donors (Lipinski definition) is 2. The van der Waals surface area contributed by atoms with Crippen molar-refractivity contribution in [2.45, 2.75) is 6.61 Å². The molecule has 0 saturated heterocycles. The molecule has 7 heteroatoms. The predicted octanol–water partition coefficient (Wildman–Crippen LogP) is 3.75. The number of para-hydroxylation sites is 1. The van der Waals surface area contributed by atoms with Crippen LogP contribution in [0, 0.1) is 0 Å². The molecule has 0 atom stereocenters. The molecule has 154 valence electrons. The van der Waals surface area contributed by atoms with Crippen molar-refractivity contribution in [2.75, 3.05) is 14.2 Å². The fraction of sp³-hybridized carbons (Fsp3) is 0.130. The monoisotopic (exact) mass is 406 g/mol. The summed E-state index contributed by atoms with van der Waals surface area (Å²) in [6.45, 7) is 0.280. The minimum atomic E-state index is -0.501. The second-order valence-electron chi connectivity index (χ2n) is 6.26. The number of ether oxygens (including phenoxy) is 3. The summed E-state index contributed by atoms with van der Waals surface area (Å²) in [6.07, 6.45) is 1.51. The molecule has 0 radical (unpaired) electrons. The van der Waals surface area contributed by atoms with Crippen LogP contribution in [0.15, 0.2) is 71.8 Å². The molecule has 0 heterocycles. The van der Waals surface area contributed by atoms with Crippen molar-refractivity contribution in [1.82, 2.24) is 5.43 Å². The molecule has 0 spiro atoms. The number of benzene rings is 3. The zero-order valence-electron chi connectivity index (χ0n) is 16.7. The summed E-state index contributed by atoms with van der Waals surface area (Å²) in [4.78, 5) is 12.1. The topological polar surface area (TPSA) is 89.4 Å². The fourth-order valence-corrected chi connectivity index (χ4v) is 2.73. The maximum absolute atomic E-state index is 12.1. The SMILES string of the molecule is COc1cccc(OCc2cc(/C=N/NC(=O)c3ccccc3O)ccc2OC)c1. The van der Waals surface area contributed by atoms with Gasteiger partial charge >= 0.3 is 0 Å². The molecule has 7 nitrogen and oxygen atoms in total. The zero-order chi connectivity index (χ0) is 21.3. The van der Waals surface area contributed by atoms with Crippen molar-refractivity contribution < 1.29 is 24.1 Å². The Balaban J connectivity index is 1.68. The number of aromatic hydroxyl groups is 1. The first-order chi connectivity index (χ1) is 14.6. The molecular formula is C23H22N2O5. The largest absolute Gasteiger partial charge is 0.507 e. The number of carbonyl (C=O) groups excluding carboxylic acids is 1. The molecule has 2 N–H and O–H groups in total. The van der Waals surface area contributed by atoms with Crippen molar-refractivity contribution in [3.8, 4) is 23.0 Å². The van der Waals surface area contributed by atoms with Crippen LogP contribution in [0.1, 0.15) is 21.5 Å². The zero-order valence-corrected chi connectivity index (χ0v) is 16.7. The number of methoxy groups -OCH3 is 2. The second-order valence-corrected chi connectivity index (χ2v) is 6.26. The number of rotatable bonds is 8. The number of amides is 1. The number of hydrazone groups is 1. The number of phenolic OH excluding ortho intramolecular Hbond substituents is 1. The van der Waals surface area contributed by atoms with Gasteiger partial charge in [0.1, 0.15) is 29.6 Å². The summed E-state index contributed by atoms with van der Waals surface area (Å²) in [6, 6.07) is 19.1. The van der Waals surface area contributed by atoms with Gasteiger partial charge in [0.05, 0.1) is 26.0 Å². The molecule has 3 aromatic rings. The Kier molecular flexibility index (Phi) is 6.89. The Labute approximate surface area is 174 Å². The van der Waals surface area contributed by atoms with E-state index in [0.29, 0.717) is 17.2 Å². The van der Waals surface area contributed by atoms with Crippen LogP contribution in [0.25, 0.3) is 0 Å². The fourth-order valence-electron chi connectivity index (χ4n) is 2.73. The van der Waals surface area contributed by atoms with Gasteiger partial charge in [0.2, 0.25) is 0 Å². The van der Waals surface area contributed by atoms with Crippen LogP contribution in [0.4, 0.5) is 0 Å². The van der Waals surface area contributed by atoms with Gasteiger partial charge in [-0.2, -0.15) is 5.10 Å². The first kappa shape index (κ1) is 20.7. The molecule has 30 heavy (non-hydrogen) atoms. The Morgan fingerprint density at radius 2 is 1.80 bits per heavy atom. The van der Waals surface area contributed by atoms with E-state index in [-0.39, 0.29) is 17.9 Å². The van der Waals surface area contributed by atoms with Gasteiger partial charge in [0.15, 0.2) is 0 Å². The van der Waals surface area contributed by atoms with Crippen LogP contribution >= 0.6 is 0 Å². The molecule has 3 rings (SSSR count). The lowest BCUT2D eigenvalue weighted by atomic mass is 10.1. The molecule has 0 fully saturated rings. The number of hydrogen-bond acceptors (Lipinski definition) is 6. The first-order valence-corrected chi connectivity index (χ1v) is 9.16. The quantitative estimate of drug-likeness (QED) is 0.439. The minimum Gasteiger partial charge on any atom is -0.507 e. The van der Waals surface area contributed by atoms with Crippen molar-refractivity contribution in [2.24, 2.45) is 5.10 Å². The third kappa shape index (κ3) is 5.29. The van der Waals surface area contributed by atoms with Gasteiger partial charge in [0, 0.05) is 11.6 Å². The van der Waals surface area contributed by atoms with Crippen LogP contribution in [0.3, 0.4) is 0 Å². The van der Waals surface area contributed by atoms with Gasteiger partial charge in [-0.1, -0.05) is 18.2 Å². The maximum atomic E-state index is 12.1. The van der Waals surface area contributed by atoms with E-state index < -0.39 is 5.91 Å². The Bertz CT molecular complexity index is 1050. The average Bonchev–Trinajstić information content (AvgIpc) is 2.78. The summed E-state index contributed by atoms with van der Waals surface area (Å²) in [5, 5.41) is 13.7. The second kappa shape index (κ2) is 9.97. The van der Waals surface area contributed by atoms with Crippen LogP contribution in [-0.2, 0) is 6.61 Å². The van der Waals surface area contributed by atoms with Crippen LogP contribution in [0.2, 0.25) is 0 Å². The van der Waals surface area contributed by atoms with E-state index in [0.717, 1.165) is 11.1 Å². The first-order valence-electron chi connectivity index (χ1n) is 9.16. The highest BCUT2D eigenvalue weighted by molar-refractivity contribution is 5.97. The Morgan fingerprint density at radius 1 is 1.00 bits per heavy atom. The third-order valence-electron chi connectivity index (χ3n) is 4.27. The normalized spacial score (nSPS) is 10.6. The Hall–Kier alpha value is -4.00. The van der Waals surface area contributed by atoms with Crippen LogP contribution < -0.4 is 19.6 Å². The standard InChI is InChI=1S/C23H22N2O5/c1-28-18-6-5-7-19(13-18)30-15-17-12-16(10-11-22(17)29-2)14-24-25-23(27)20-8-3-4-9-21(20)26/h3-14,26H,15H2,1-2H3,(H,25,27)/b24-14+. The number of nitrogens with zero attached hydrogens (tertiary/aromatic N) is 1. The highest BCUT2D eigenvalue weighted by Gasteiger charge is 2.09. The van der Waals surface area contributed by atoms with Gasteiger partial charge in [-0.3, -0.25) is 4.79 Å². The lowest BCUT2D eigenvalue weighted by Gasteiger charge is -2.12. The smallest absolute Gasteiger partial charge is 0.275 e. The predicted molar refractivity (Wildman–Crippen MR) is 113 cm³/mol. The molecule has 0 aliphatic rings. The lowest BCUT2D eigenvalue weighted by molar-refractivity contribution is 0.0952. The molecule has 3 aromatic carbocycles. The van der Waals surface area contributed by atoms with Gasteiger partial charge in [0.25, 0.3) is 5.91 Å². The summed E-state index contributed by atoms with van der Waals surface area (Å²) >= 11 is 0.